The first kappa shape index (κ1) is 8.53. The first-order valence-corrected chi connectivity index (χ1v) is 3.97. The molecule has 0 aliphatic carbocycles. The third kappa shape index (κ3) is 2.50. The molecule has 0 saturated carbocycles. The van der Waals surface area contributed by atoms with Crippen LogP contribution >= 0.6 is 0 Å². The van der Waals surface area contributed by atoms with E-state index in [-0.39, 0.29) is 12.1 Å². The summed E-state index contributed by atoms with van der Waals surface area (Å²) in [6, 6.07) is 0. The Morgan fingerprint density at radius 2 is 2.55 bits per heavy atom. The number of carbonyl (C=O) groups excluding carboxylic acids is 1. The van der Waals surface area contributed by atoms with Gasteiger partial charge in [0.25, 0.3) is 0 Å². The van der Waals surface area contributed by atoms with Crippen LogP contribution in [0.3, 0.4) is 0 Å². The molecule has 63 valence electrons. The number of likely N-dealkylation sites (tertiary alicyclic amines) is 1. The average Bonchev–Trinajstić information content (AvgIpc) is 2.34. The van der Waals surface area contributed by atoms with Crippen LogP contribution in [0.4, 0.5) is 0 Å². The highest BCUT2D eigenvalue weighted by Gasteiger charge is 2.23. The van der Waals surface area contributed by atoms with Crippen molar-refractivity contribution in [3.8, 4) is 0 Å². The highest BCUT2D eigenvalue weighted by atomic mass is 16.5. The van der Waals surface area contributed by atoms with E-state index in [9.17, 15) is 4.79 Å². The fourth-order valence-electron chi connectivity index (χ4n) is 1.26. The normalized spacial score (nSPS) is 25.5. The van der Waals surface area contributed by atoms with Crippen LogP contribution in [0.25, 0.3) is 0 Å². The largest absolute Gasteiger partial charge is 0.461 e. The van der Waals surface area contributed by atoms with Gasteiger partial charge < -0.3 is 4.74 Å². The van der Waals surface area contributed by atoms with E-state index in [1.54, 1.807) is 0 Å². The maximum absolute atomic E-state index is 10.5. The molecular weight excluding hydrogens is 142 g/mol. The SMILES string of the molecule is CCN1[CH]CC(OC(C)=O)C1. The zero-order valence-corrected chi connectivity index (χ0v) is 7.04. The lowest BCUT2D eigenvalue weighted by atomic mass is 10.3. The summed E-state index contributed by atoms with van der Waals surface area (Å²) in [4.78, 5) is 12.7. The van der Waals surface area contributed by atoms with Crippen LogP contribution in [-0.4, -0.2) is 30.1 Å². The van der Waals surface area contributed by atoms with Gasteiger partial charge in [-0.2, -0.15) is 0 Å². The Hall–Kier alpha value is -0.570. The fourth-order valence-corrected chi connectivity index (χ4v) is 1.26. The Kier molecular flexibility index (Phi) is 2.88. The van der Waals surface area contributed by atoms with Crippen molar-refractivity contribution in [3.63, 3.8) is 0 Å². The molecule has 3 heteroatoms. The summed E-state index contributed by atoms with van der Waals surface area (Å²) in [6.45, 7) is 7.49. The second kappa shape index (κ2) is 3.72. The minimum Gasteiger partial charge on any atom is -0.461 e. The number of carbonyl (C=O) groups is 1. The van der Waals surface area contributed by atoms with Gasteiger partial charge in [-0.25, -0.2) is 0 Å². The highest BCUT2D eigenvalue weighted by molar-refractivity contribution is 5.66. The predicted octanol–water partition coefficient (Wildman–Crippen LogP) is 0.805. The van der Waals surface area contributed by atoms with Crippen molar-refractivity contribution in [2.75, 3.05) is 13.1 Å². The lowest BCUT2D eigenvalue weighted by Gasteiger charge is -2.12. The Morgan fingerprint density at radius 3 is 3.00 bits per heavy atom. The molecule has 1 radical (unpaired) electrons. The van der Waals surface area contributed by atoms with E-state index in [1.807, 2.05) is 0 Å². The molecule has 1 fully saturated rings. The quantitative estimate of drug-likeness (QED) is 0.554. The lowest BCUT2D eigenvalue weighted by molar-refractivity contribution is -0.145. The summed E-state index contributed by atoms with van der Waals surface area (Å²) in [6.07, 6.45) is 0.959. The molecule has 0 aromatic rings. The van der Waals surface area contributed by atoms with Crippen LogP contribution in [0, 0.1) is 6.54 Å². The fraction of sp³-hybridized carbons (Fsp3) is 0.750. The van der Waals surface area contributed by atoms with Crippen molar-refractivity contribution in [1.29, 1.82) is 0 Å². The van der Waals surface area contributed by atoms with E-state index < -0.39 is 0 Å². The Labute approximate surface area is 67.3 Å². The van der Waals surface area contributed by atoms with E-state index in [4.69, 9.17) is 4.74 Å². The molecule has 0 aromatic carbocycles. The molecular formula is C8H14NO2. The Morgan fingerprint density at radius 1 is 1.82 bits per heavy atom. The number of hydrogen-bond acceptors (Lipinski definition) is 3. The maximum Gasteiger partial charge on any atom is 0.302 e. The van der Waals surface area contributed by atoms with Crippen LogP contribution < -0.4 is 0 Å². The van der Waals surface area contributed by atoms with Gasteiger partial charge in [-0.1, -0.05) is 6.92 Å². The van der Waals surface area contributed by atoms with E-state index in [1.165, 1.54) is 6.92 Å². The van der Waals surface area contributed by atoms with Gasteiger partial charge in [-0.3, -0.25) is 9.69 Å². The van der Waals surface area contributed by atoms with Crippen LogP contribution in [0.15, 0.2) is 0 Å². The summed E-state index contributed by atoms with van der Waals surface area (Å²) < 4.78 is 5.03. The number of nitrogens with zero attached hydrogens (tertiary/aromatic N) is 1. The van der Waals surface area contributed by atoms with Crippen molar-refractivity contribution >= 4 is 5.97 Å². The zero-order chi connectivity index (χ0) is 8.27. The summed E-state index contributed by atoms with van der Waals surface area (Å²) in [5, 5.41) is 0. The van der Waals surface area contributed by atoms with Gasteiger partial charge in [0.05, 0.1) is 0 Å². The molecule has 11 heavy (non-hydrogen) atoms. The minimum absolute atomic E-state index is 0.0902. The monoisotopic (exact) mass is 156 g/mol. The number of likely N-dealkylation sites (N-methyl/N-ethyl adjacent to an activating group) is 1. The first-order valence-electron chi connectivity index (χ1n) is 3.97. The molecule has 0 spiro atoms. The van der Waals surface area contributed by atoms with Crippen LogP contribution in [0.5, 0.6) is 0 Å². The molecule has 0 N–H and O–H groups in total. The molecule has 3 nitrogen and oxygen atoms in total. The third-order valence-electron chi connectivity index (χ3n) is 1.80. The number of rotatable bonds is 2. The van der Waals surface area contributed by atoms with Crippen molar-refractivity contribution in [2.45, 2.75) is 26.4 Å². The maximum atomic E-state index is 10.5. The molecule has 0 bridgehead atoms. The minimum atomic E-state index is -0.179. The van der Waals surface area contributed by atoms with E-state index in [2.05, 4.69) is 18.4 Å². The Bertz CT molecular complexity index is 147. The van der Waals surface area contributed by atoms with E-state index in [0.29, 0.717) is 0 Å². The predicted molar refractivity (Wildman–Crippen MR) is 41.7 cm³/mol. The van der Waals surface area contributed by atoms with Gasteiger partial charge in [0.1, 0.15) is 6.10 Å². The van der Waals surface area contributed by atoms with Gasteiger partial charge in [-0.15, -0.1) is 0 Å². The molecule has 0 amide bonds. The van der Waals surface area contributed by atoms with Gasteiger partial charge in [0.2, 0.25) is 0 Å². The second-order valence-electron chi connectivity index (χ2n) is 2.74. The average molecular weight is 156 g/mol. The molecule has 1 unspecified atom stereocenters. The summed E-state index contributed by atoms with van der Waals surface area (Å²) >= 11 is 0. The zero-order valence-electron chi connectivity index (χ0n) is 7.04. The van der Waals surface area contributed by atoms with Crippen LogP contribution in [0.2, 0.25) is 0 Å². The lowest BCUT2D eigenvalue weighted by Crippen LogP contribution is -2.22. The molecule has 1 rings (SSSR count). The van der Waals surface area contributed by atoms with Crippen LogP contribution in [-0.2, 0) is 9.53 Å². The molecule has 1 atom stereocenters. The summed E-state index contributed by atoms with van der Waals surface area (Å²) in [5.41, 5.74) is 0. The van der Waals surface area contributed by atoms with Gasteiger partial charge in [0.15, 0.2) is 0 Å². The summed E-state index contributed by atoms with van der Waals surface area (Å²) in [7, 11) is 0. The molecule has 1 aliphatic heterocycles. The van der Waals surface area contributed by atoms with Crippen LogP contribution in [0.1, 0.15) is 20.3 Å². The van der Waals surface area contributed by atoms with Crippen molar-refractivity contribution in [1.82, 2.24) is 4.90 Å². The van der Waals surface area contributed by atoms with Crippen molar-refractivity contribution < 1.29 is 9.53 Å². The van der Waals surface area contributed by atoms with Crippen molar-refractivity contribution in [2.24, 2.45) is 0 Å². The second-order valence-corrected chi connectivity index (χ2v) is 2.74. The molecule has 0 aromatic heterocycles. The van der Waals surface area contributed by atoms with Crippen molar-refractivity contribution in [3.05, 3.63) is 6.54 Å². The first-order chi connectivity index (χ1) is 5.22. The highest BCUT2D eigenvalue weighted by Crippen LogP contribution is 2.15. The molecule has 1 aliphatic rings. The van der Waals surface area contributed by atoms with Gasteiger partial charge in [-0.05, 0) is 6.54 Å². The Balaban J connectivity index is 2.24. The number of hydrogen-bond donors (Lipinski definition) is 0. The number of ether oxygens (including phenoxy) is 1. The number of esters is 1. The standard InChI is InChI=1S/C8H14NO2/c1-3-9-5-4-8(6-9)11-7(2)10/h5,8H,3-4,6H2,1-2H3. The summed E-state index contributed by atoms with van der Waals surface area (Å²) in [5.74, 6) is -0.179. The van der Waals surface area contributed by atoms with Gasteiger partial charge in [0, 0.05) is 26.4 Å². The molecule has 1 heterocycles. The topological polar surface area (TPSA) is 29.5 Å². The van der Waals surface area contributed by atoms with Gasteiger partial charge >= 0.3 is 5.97 Å². The third-order valence-corrected chi connectivity index (χ3v) is 1.80. The van der Waals surface area contributed by atoms with E-state index in [0.717, 1.165) is 19.5 Å². The smallest absolute Gasteiger partial charge is 0.302 e. The van der Waals surface area contributed by atoms with E-state index >= 15 is 0 Å². The molecule has 1 saturated heterocycles.